The van der Waals surface area contributed by atoms with Gasteiger partial charge in [0.2, 0.25) is 5.91 Å². The first-order chi connectivity index (χ1) is 12.1. The Kier molecular flexibility index (Phi) is 5.09. The van der Waals surface area contributed by atoms with Crippen LogP contribution in [-0.4, -0.2) is 34.8 Å². The number of anilines is 1. The maximum absolute atomic E-state index is 12.7. The van der Waals surface area contributed by atoms with E-state index in [2.05, 4.69) is 10.3 Å². The number of likely N-dealkylation sites (N-methyl/N-ethyl adjacent to an activating group) is 1. The number of benzene rings is 2. The van der Waals surface area contributed by atoms with Crippen molar-refractivity contribution < 1.29 is 9.59 Å². The molecular formula is C19H19N3O2S. The van der Waals surface area contributed by atoms with E-state index in [4.69, 9.17) is 0 Å². The third-order valence-corrected chi connectivity index (χ3v) is 4.74. The maximum Gasteiger partial charge on any atom is 0.254 e. The van der Waals surface area contributed by atoms with Crippen molar-refractivity contribution in [3.8, 4) is 0 Å². The topological polar surface area (TPSA) is 62.3 Å². The Bertz CT molecular complexity index is 920. The minimum atomic E-state index is -0.245. The van der Waals surface area contributed by atoms with Crippen LogP contribution in [0.3, 0.4) is 0 Å². The van der Waals surface area contributed by atoms with Gasteiger partial charge in [-0.1, -0.05) is 30.3 Å². The molecule has 0 bridgehead atoms. The lowest BCUT2D eigenvalue weighted by Gasteiger charge is -2.20. The van der Waals surface area contributed by atoms with Crippen LogP contribution in [-0.2, 0) is 4.79 Å². The highest BCUT2D eigenvalue weighted by atomic mass is 32.1. The average Bonchev–Trinajstić information content (AvgIpc) is 3.03. The van der Waals surface area contributed by atoms with Gasteiger partial charge in [-0.25, -0.2) is 4.98 Å². The van der Waals surface area contributed by atoms with Crippen molar-refractivity contribution >= 4 is 39.1 Å². The Morgan fingerprint density at radius 1 is 1.16 bits per heavy atom. The van der Waals surface area contributed by atoms with Gasteiger partial charge in [-0.2, -0.15) is 0 Å². The first-order valence-corrected chi connectivity index (χ1v) is 8.95. The van der Waals surface area contributed by atoms with Gasteiger partial charge >= 0.3 is 0 Å². The van der Waals surface area contributed by atoms with Crippen LogP contribution in [0.1, 0.15) is 23.0 Å². The summed E-state index contributed by atoms with van der Waals surface area (Å²) < 4.78 is 0. The molecule has 0 saturated heterocycles. The molecular weight excluding hydrogens is 334 g/mol. The SMILES string of the molecule is CCN(CC(=O)Nc1nc(C)cs1)C(=O)c1ccc2ccccc2c1. The highest BCUT2D eigenvalue weighted by Gasteiger charge is 2.18. The first kappa shape index (κ1) is 17.1. The predicted octanol–water partition coefficient (Wildman–Crippen LogP) is 3.71. The molecule has 0 radical (unpaired) electrons. The van der Waals surface area contributed by atoms with Gasteiger partial charge in [0.1, 0.15) is 6.54 Å². The second-order valence-electron chi connectivity index (χ2n) is 5.72. The summed E-state index contributed by atoms with van der Waals surface area (Å²) in [6.07, 6.45) is 0. The lowest BCUT2D eigenvalue weighted by atomic mass is 10.1. The molecule has 0 saturated carbocycles. The number of hydrogen-bond acceptors (Lipinski definition) is 4. The fraction of sp³-hybridized carbons (Fsp3) is 0.211. The number of aryl methyl sites for hydroxylation is 1. The molecule has 0 aliphatic heterocycles. The molecule has 0 fully saturated rings. The van der Waals surface area contributed by atoms with Crippen LogP contribution in [0, 0.1) is 6.92 Å². The molecule has 3 rings (SSSR count). The number of carbonyl (C=O) groups is 2. The zero-order valence-electron chi connectivity index (χ0n) is 14.2. The third-order valence-electron chi connectivity index (χ3n) is 3.87. The molecule has 3 aromatic rings. The molecule has 2 aromatic carbocycles. The van der Waals surface area contributed by atoms with E-state index in [1.54, 1.807) is 6.07 Å². The molecule has 0 spiro atoms. The molecule has 25 heavy (non-hydrogen) atoms. The van der Waals surface area contributed by atoms with E-state index in [0.717, 1.165) is 16.5 Å². The number of thiazole rings is 1. The normalized spacial score (nSPS) is 10.6. The van der Waals surface area contributed by atoms with Gasteiger partial charge in [0, 0.05) is 17.5 Å². The average molecular weight is 353 g/mol. The van der Waals surface area contributed by atoms with Crippen molar-refractivity contribution in [2.45, 2.75) is 13.8 Å². The molecule has 128 valence electrons. The number of hydrogen-bond donors (Lipinski definition) is 1. The molecule has 1 aromatic heterocycles. The number of fused-ring (bicyclic) bond motifs is 1. The van der Waals surface area contributed by atoms with Crippen LogP contribution in [0.25, 0.3) is 10.8 Å². The molecule has 0 aliphatic rings. The summed E-state index contributed by atoms with van der Waals surface area (Å²) in [5.74, 6) is -0.399. The second kappa shape index (κ2) is 7.44. The van der Waals surface area contributed by atoms with Gasteiger partial charge in [0.05, 0.1) is 5.69 Å². The Balaban J connectivity index is 1.72. The van der Waals surface area contributed by atoms with Crippen molar-refractivity contribution in [2.24, 2.45) is 0 Å². The quantitative estimate of drug-likeness (QED) is 0.761. The zero-order valence-corrected chi connectivity index (χ0v) is 15.0. The van der Waals surface area contributed by atoms with E-state index in [1.807, 2.05) is 55.6 Å². The number of nitrogens with one attached hydrogen (secondary N) is 1. The van der Waals surface area contributed by atoms with E-state index in [9.17, 15) is 9.59 Å². The van der Waals surface area contributed by atoms with Crippen molar-refractivity contribution in [3.63, 3.8) is 0 Å². The standard InChI is InChI=1S/C19H19N3O2S/c1-3-22(11-17(23)21-19-20-13(2)12-25-19)18(24)16-9-8-14-6-4-5-7-15(14)10-16/h4-10,12H,3,11H2,1-2H3,(H,20,21,23). The first-order valence-electron chi connectivity index (χ1n) is 8.07. The summed E-state index contributed by atoms with van der Waals surface area (Å²) in [6, 6.07) is 13.5. The van der Waals surface area contributed by atoms with Gasteiger partial charge < -0.3 is 10.2 Å². The van der Waals surface area contributed by atoms with Crippen LogP contribution < -0.4 is 5.32 Å². The molecule has 6 heteroatoms. The minimum Gasteiger partial charge on any atom is -0.330 e. The summed E-state index contributed by atoms with van der Waals surface area (Å²) in [4.78, 5) is 30.7. The zero-order chi connectivity index (χ0) is 17.8. The summed E-state index contributed by atoms with van der Waals surface area (Å²) >= 11 is 1.37. The summed E-state index contributed by atoms with van der Waals surface area (Å²) in [6.45, 7) is 4.18. The smallest absolute Gasteiger partial charge is 0.254 e. The monoisotopic (exact) mass is 353 g/mol. The highest BCUT2D eigenvalue weighted by molar-refractivity contribution is 7.13. The summed E-state index contributed by atoms with van der Waals surface area (Å²) in [7, 11) is 0. The van der Waals surface area contributed by atoms with E-state index in [1.165, 1.54) is 16.2 Å². The Hall–Kier alpha value is -2.73. The minimum absolute atomic E-state index is 0.000782. The van der Waals surface area contributed by atoms with Gasteiger partial charge in [0.15, 0.2) is 5.13 Å². The van der Waals surface area contributed by atoms with E-state index in [0.29, 0.717) is 17.2 Å². The largest absolute Gasteiger partial charge is 0.330 e. The van der Waals surface area contributed by atoms with Crippen LogP contribution in [0.5, 0.6) is 0 Å². The van der Waals surface area contributed by atoms with E-state index in [-0.39, 0.29) is 18.4 Å². The molecule has 0 atom stereocenters. The predicted molar refractivity (Wildman–Crippen MR) is 101 cm³/mol. The molecule has 0 aliphatic carbocycles. The van der Waals surface area contributed by atoms with E-state index < -0.39 is 0 Å². The van der Waals surface area contributed by atoms with Crippen molar-refractivity contribution in [2.75, 3.05) is 18.4 Å². The van der Waals surface area contributed by atoms with Crippen LogP contribution in [0.2, 0.25) is 0 Å². The molecule has 5 nitrogen and oxygen atoms in total. The molecule has 0 unspecified atom stereocenters. The number of amides is 2. The molecule has 1 N–H and O–H groups in total. The Morgan fingerprint density at radius 2 is 1.92 bits per heavy atom. The lowest BCUT2D eigenvalue weighted by molar-refractivity contribution is -0.116. The van der Waals surface area contributed by atoms with Gasteiger partial charge in [-0.15, -0.1) is 11.3 Å². The third kappa shape index (κ3) is 4.03. The van der Waals surface area contributed by atoms with Gasteiger partial charge in [0.25, 0.3) is 5.91 Å². The van der Waals surface area contributed by atoms with Gasteiger partial charge in [-0.05, 0) is 36.8 Å². The van der Waals surface area contributed by atoms with Crippen LogP contribution >= 0.6 is 11.3 Å². The maximum atomic E-state index is 12.7. The Labute approximate surface area is 150 Å². The van der Waals surface area contributed by atoms with E-state index >= 15 is 0 Å². The Morgan fingerprint density at radius 3 is 2.60 bits per heavy atom. The lowest BCUT2D eigenvalue weighted by Crippen LogP contribution is -2.37. The second-order valence-corrected chi connectivity index (χ2v) is 6.58. The highest BCUT2D eigenvalue weighted by Crippen LogP contribution is 2.17. The van der Waals surface area contributed by atoms with Crippen LogP contribution in [0.15, 0.2) is 47.8 Å². The summed E-state index contributed by atoms with van der Waals surface area (Å²) in [5.41, 5.74) is 1.44. The fourth-order valence-electron chi connectivity index (χ4n) is 2.58. The number of nitrogens with zero attached hydrogens (tertiary/aromatic N) is 2. The number of carbonyl (C=O) groups excluding carboxylic acids is 2. The van der Waals surface area contributed by atoms with Crippen molar-refractivity contribution in [1.29, 1.82) is 0 Å². The van der Waals surface area contributed by atoms with Crippen molar-refractivity contribution in [3.05, 3.63) is 59.1 Å². The number of aromatic nitrogens is 1. The van der Waals surface area contributed by atoms with Crippen LogP contribution in [0.4, 0.5) is 5.13 Å². The number of rotatable bonds is 5. The van der Waals surface area contributed by atoms with Gasteiger partial charge in [-0.3, -0.25) is 9.59 Å². The van der Waals surface area contributed by atoms with Crippen molar-refractivity contribution in [1.82, 2.24) is 9.88 Å². The molecule has 1 heterocycles. The summed E-state index contributed by atoms with van der Waals surface area (Å²) in [5, 5.41) is 7.25. The fourth-order valence-corrected chi connectivity index (χ4v) is 3.28. The molecule has 2 amide bonds.